The van der Waals surface area contributed by atoms with Crippen molar-refractivity contribution in [2.45, 2.75) is 6.54 Å². The lowest BCUT2D eigenvalue weighted by atomic mass is 10.2. The molecule has 0 aliphatic carbocycles. The summed E-state index contributed by atoms with van der Waals surface area (Å²) < 4.78 is 1.79. The van der Waals surface area contributed by atoms with Gasteiger partial charge in [-0.3, -0.25) is 0 Å². The molecule has 0 radical (unpaired) electrons. The van der Waals surface area contributed by atoms with Crippen LogP contribution in [0.15, 0.2) is 48.9 Å². The molecule has 3 N–H and O–H groups in total. The number of nitrogens with zero attached hydrogens (tertiary/aromatic N) is 3. The molecule has 3 aromatic rings. The van der Waals surface area contributed by atoms with Crippen molar-refractivity contribution >= 4 is 17.0 Å². The fraction of sp³-hybridized carbons (Fsp3) is 0.0769. The maximum atomic E-state index is 5.74. The number of fused-ring (bicyclic) bond motifs is 1. The molecule has 0 unspecified atom stereocenters. The van der Waals surface area contributed by atoms with Gasteiger partial charge in [0.15, 0.2) is 5.82 Å². The molecule has 0 saturated heterocycles. The number of hydrogen-bond acceptors (Lipinski definition) is 4. The Morgan fingerprint density at radius 2 is 2.17 bits per heavy atom. The van der Waals surface area contributed by atoms with E-state index in [0.717, 1.165) is 22.6 Å². The Balaban J connectivity index is 1.83. The highest BCUT2D eigenvalue weighted by Gasteiger charge is 2.02. The quantitative estimate of drug-likeness (QED) is 0.685. The van der Waals surface area contributed by atoms with E-state index in [1.807, 2.05) is 36.5 Å². The average molecular weight is 239 g/mol. The minimum atomic E-state index is 0.683. The zero-order valence-electron chi connectivity index (χ0n) is 9.74. The van der Waals surface area contributed by atoms with Crippen LogP contribution in [0.1, 0.15) is 5.56 Å². The van der Waals surface area contributed by atoms with Crippen LogP contribution in [0.2, 0.25) is 0 Å². The molecule has 0 atom stereocenters. The van der Waals surface area contributed by atoms with E-state index in [1.165, 1.54) is 0 Å². The van der Waals surface area contributed by atoms with Gasteiger partial charge in [-0.25, -0.2) is 9.50 Å². The summed E-state index contributed by atoms with van der Waals surface area (Å²) in [6, 6.07) is 9.72. The zero-order chi connectivity index (χ0) is 12.4. The summed E-state index contributed by atoms with van der Waals surface area (Å²) in [5, 5.41) is 7.45. The monoisotopic (exact) mass is 239 g/mol. The zero-order valence-corrected chi connectivity index (χ0v) is 9.74. The third-order valence-corrected chi connectivity index (χ3v) is 2.74. The first kappa shape index (κ1) is 10.6. The SMILES string of the molecule is Nc1cccc(CNc2nccn3nccc23)c1. The van der Waals surface area contributed by atoms with Crippen LogP contribution in [0, 0.1) is 0 Å². The van der Waals surface area contributed by atoms with E-state index in [4.69, 9.17) is 5.73 Å². The van der Waals surface area contributed by atoms with Gasteiger partial charge in [-0.15, -0.1) is 0 Å². The minimum Gasteiger partial charge on any atom is -0.399 e. The van der Waals surface area contributed by atoms with Crippen LogP contribution >= 0.6 is 0 Å². The summed E-state index contributed by atoms with van der Waals surface area (Å²) in [6.45, 7) is 0.683. The number of nitrogens with two attached hydrogens (primary N) is 1. The largest absolute Gasteiger partial charge is 0.399 e. The Hall–Kier alpha value is -2.56. The molecule has 5 nitrogen and oxygen atoms in total. The molecule has 0 saturated carbocycles. The normalized spacial score (nSPS) is 10.7. The van der Waals surface area contributed by atoms with Crippen molar-refractivity contribution in [3.63, 3.8) is 0 Å². The van der Waals surface area contributed by atoms with Crippen molar-refractivity contribution in [2.75, 3.05) is 11.1 Å². The third kappa shape index (κ3) is 1.98. The third-order valence-electron chi connectivity index (χ3n) is 2.74. The van der Waals surface area contributed by atoms with Gasteiger partial charge < -0.3 is 11.1 Å². The summed E-state index contributed by atoms with van der Waals surface area (Å²) >= 11 is 0. The second-order valence-corrected chi connectivity index (χ2v) is 4.04. The van der Waals surface area contributed by atoms with E-state index >= 15 is 0 Å². The predicted molar refractivity (Wildman–Crippen MR) is 71.2 cm³/mol. The highest BCUT2D eigenvalue weighted by atomic mass is 15.2. The van der Waals surface area contributed by atoms with Gasteiger partial charge >= 0.3 is 0 Å². The molecule has 2 aromatic heterocycles. The molecule has 0 spiro atoms. The van der Waals surface area contributed by atoms with Crippen LogP contribution in [0.4, 0.5) is 11.5 Å². The van der Waals surface area contributed by atoms with Gasteiger partial charge in [0.05, 0.1) is 6.20 Å². The summed E-state index contributed by atoms with van der Waals surface area (Å²) in [5.41, 5.74) is 8.60. The van der Waals surface area contributed by atoms with E-state index < -0.39 is 0 Å². The molecule has 5 heteroatoms. The predicted octanol–water partition coefficient (Wildman–Crippen LogP) is 1.92. The summed E-state index contributed by atoms with van der Waals surface area (Å²) in [6.07, 6.45) is 5.30. The smallest absolute Gasteiger partial charge is 0.152 e. The Bertz CT molecular complexity index is 674. The molecule has 0 amide bonds. The molecule has 1 aromatic carbocycles. The average Bonchev–Trinajstić information content (AvgIpc) is 2.85. The number of nitrogen functional groups attached to an aromatic ring is 1. The Morgan fingerprint density at radius 1 is 1.22 bits per heavy atom. The molecule has 3 rings (SSSR count). The van der Waals surface area contributed by atoms with Crippen LogP contribution in [0.3, 0.4) is 0 Å². The number of benzene rings is 1. The van der Waals surface area contributed by atoms with Crippen LogP contribution in [-0.4, -0.2) is 14.6 Å². The first-order valence-corrected chi connectivity index (χ1v) is 5.69. The summed E-state index contributed by atoms with van der Waals surface area (Å²) in [4.78, 5) is 4.31. The number of nitrogens with one attached hydrogen (secondary N) is 1. The molecule has 0 aliphatic heterocycles. The molecule has 0 aliphatic rings. The van der Waals surface area contributed by atoms with Crippen molar-refractivity contribution in [3.8, 4) is 0 Å². The first-order valence-electron chi connectivity index (χ1n) is 5.69. The second kappa shape index (κ2) is 4.37. The summed E-state index contributed by atoms with van der Waals surface area (Å²) in [7, 11) is 0. The van der Waals surface area contributed by atoms with E-state index in [0.29, 0.717) is 6.54 Å². The van der Waals surface area contributed by atoms with Crippen LogP contribution < -0.4 is 11.1 Å². The summed E-state index contributed by atoms with van der Waals surface area (Å²) in [5.74, 6) is 0.817. The maximum Gasteiger partial charge on any atom is 0.152 e. The van der Waals surface area contributed by atoms with Gasteiger partial charge in [0.2, 0.25) is 0 Å². The second-order valence-electron chi connectivity index (χ2n) is 4.04. The van der Waals surface area contributed by atoms with Crippen LogP contribution in [0.5, 0.6) is 0 Å². The number of aromatic nitrogens is 3. The van der Waals surface area contributed by atoms with Crippen LogP contribution in [0.25, 0.3) is 5.52 Å². The van der Waals surface area contributed by atoms with E-state index in [9.17, 15) is 0 Å². The molecular formula is C13H13N5. The molecular weight excluding hydrogens is 226 g/mol. The lowest BCUT2D eigenvalue weighted by Crippen LogP contribution is -2.03. The number of rotatable bonds is 3. The van der Waals surface area contributed by atoms with Crippen LogP contribution in [-0.2, 0) is 6.54 Å². The molecule has 0 bridgehead atoms. The standard InChI is InChI=1S/C13H13N5/c14-11-3-1-2-10(8-11)9-16-13-12-4-5-17-18(12)7-6-15-13/h1-8H,9,14H2,(H,15,16). The first-order chi connectivity index (χ1) is 8.83. The van der Waals surface area contributed by atoms with Gasteiger partial charge in [0, 0.05) is 24.6 Å². The fourth-order valence-corrected chi connectivity index (χ4v) is 1.88. The molecule has 2 heterocycles. The Kier molecular flexibility index (Phi) is 2.57. The van der Waals surface area contributed by atoms with Gasteiger partial charge in [0.1, 0.15) is 5.52 Å². The van der Waals surface area contributed by atoms with Crippen molar-refractivity contribution < 1.29 is 0 Å². The fourth-order valence-electron chi connectivity index (χ4n) is 1.88. The topological polar surface area (TPSA) is 68.2 Å². The van der Waals surface area contributed by atoms with Gasteiger partial charge in [-0.2, -0.15) is 5.10 Å². The molecule has 18 heavy (non-hydrogen) atoms. The van der Waals surface area contributed by atoms with E-state index in [-0.39, 0.29) is 0 Å². The van der Waals surface area contributed by atoms with Gasteiger partial charge in [-0.05, 0) is 23.8 Å². The molecule has 0 fully saturated rings. The highest BCUT2D eigenvalue weighted by Crippen LogP contribution is 2.14. The number of anilines is 2. The Morgan fingerprint density at radius 3 is 3.06 bits per heavy atom. The van der Waals surface area contributed by atoms with Gasteiger partial charge in [-0.1, -0.05) is 12.1 Å². The Labute approximate surface area is 104 Å². The lowest BCUT2D eigenvalue weighted by Gasteiger charge is -2.07. The minimum absolute atomic E-state index is 0.683. The van der Waals surface area contributed by atoms with Crippen molar-refractivity contribution in [3.05, 3.63) is 54.5 Å². The van der Waals surface area contributed by atoms with E-state index in [1.54, 1.807) is 16.9 Å². The lowest BCUT2D eigenvalue weighted by molar-refractivity contribution is 0.942. The maximum absolute atomic E-state index is 5.74. The van der Waals surface area contributed by atoms with Gasteiger partial charge in [0.25, 0.3) is 0 Å². The van der Waals surface area contributed by atoms with E-state index in [2.05, 4.69) is 15.4 Å². The molecule has 90 valence electrons. The highest BCUT2D eigenvalue weighted by molar-refractivity contribution is 5.66. The van der Waals surface area contributed by atoms with Crippen molar-refractivity contribution in [1.29, 1.82) is 0 Å². The number of hydrogen-bond donors (Lipinski definition) is 2. The van der Waals surface area contributed by atoms with Crippen molar-refractivity contribution in [1.82, 2.24) is 14.6 Å². The van der Waals surface area contributed by atoms with Crippen molar-refractivity contribution in [2.24, 2.45) is 0 Å².